The molecule has 0 atom stereocenters. The summed E-state index contributed by atoms with van der Waals surface area (Å²) in [4.78, 5) is 8.58. The molecule has 2 aromatic rings. The van der Waals surface area contributed by atoms with E-state index in [2.05, 4.69) is 26.7 Å². The summed E-state index contributed by atoms with van der Waals surface area (Å²) in [5, 5.41) is 8.00. The minimum Gasteiger partial charge on any atom is -0.381 e. The first kappa shape index (κ1) is 13.1. The van der Waals surface area contributed by atoms with Crippen LogP contribution in [0, 0.1) is 0 Å². The average molecular weight is 265 g/mol. The second kappa shape index (κ2) is 5.98. The Labute approximate surface area is 113 Å². The van der Waals surface area contributed by atoms with Gasteiger partial charge in [0.2, 0.25) is 0 Å². The topological polar surface area (TPSA) is 49.8 Å². The van der Waals surface area contributed by atoms with E-state index < -0.39 is 0 Å². The lowest BCUT2D eigenvalue weighted by Gasteiger charge is -2.24. The van der Waals surface area contributed by atoms with Crippen LogP contribution in [0.1, 0.15) is 12.8 Å². The predicted molar refractivity (Wildman–Crippen MR) is 76.3 cm³/mol. The molecule has 3 rings (SSSR count). The highest BCUT2D eigenvalue weighted by Gasteiger charge is 2.12. The van der Waals surface area contributed by atoms with Gasteiger partial charge in [-0.1, -0.05) is 0 Å². The first-order chi connectivity index (χ1) is 8.42. The van der Waals surface area contributed by atoms with Crippen molar-refractivity contribution < 1.29 is 0 Å². The van der Waals surface area contributed by atoms with Gasteiger partial charge >= 0.3 is 0 Å². The van der Waals surface area contributed by atoms with Gasteiger partial charge in [-0.3, -0.25) is 0 Å². The van der Waals surface area contributed by atoms with Crippen molar-refractivity contribution in [3.63, 3.8) is 0 Å². The third-order valence-corrected chi connectivity index (χ3v) is 3.16. The number of pyridine rings is 2. The van der Waals surface area contributed by atoms with Gasteiger partial charge in [0.25, 0.3) is 0 Å². The zero-order chi connectivity index (χ0) is 11.5. The fraction of sp³-hybridized carbons (Fsp3) is 0.385. The van der Waals surface area contributed by atoms with Crippen LogP contribution in [0.5, 0.6) is 0 Å². The van der Waals surface area contributed by atoms with Crippen molar-refractivity contribution in [2.75, 3.05) is 18.4 Å². The molecule has 1 saturated heterocycles. The monoisotopic (exact) mass is 264 g/mol. The number of aromatic nitrogens is 2. The number of rotatable bonds is 2. The van der Waals surface area contributed by atoms with E-state index in [1.54, 1.807) is 6.20 Å². The van der Waals surface area contributed by atoms with E-state index in [0.29, 0.717) is 6.04 Å². The smallest absolute Gasteiger partial charge is 0.159 e. The minimum absolute atomic E-state index is 0. The molecule has 2 aromatic heterocycles. The number of piperidine rings is 1. The number of hydrogen-bond donors (Lipinski definition) is 2. The average Bonchev–Trinajstić information content (AvgIpc) is 2.40. The molecule has 1 fully saturated rings. The molecule has 1 aliphatic heterocycles. The molecule has 4 nitrogen and oxygen atoms in total. The maximum absolute atomic E-state index is 4.36. The van der Waals surface area contributed by atoms with Crippen LogP contribution in [0.4, 0.5) is 5.69 Å². The summed E-state index contributed by atoms with van der Waals surface area (Å²) in [6.07, 6.45) is 5.99. The number of halogens is 1. The molecular formula is C13H17ClN4. The van der Waals surface area contributed by atoms with Gasteiger partial charge in [-0.05, 0) is 44.1 Å². The highest BCUT2D eigenvalue weighted by atomic mass is 35.5. The van der Waals surface area contributed by atoms with E-state index in [4.69, 9.17) is 0 Å². The fourth-order valence-electron chi connectivity index (χ4n) is 2.25. The lowest BCUT2D eigenvalue weighted by molar-refractivity contribution is 0.479. The van der Waals surface area contributed by atoms with Crippen LogP contribution in [-0.2, 0) is 0 Å². The molecule has 96 valence electrons. The predicted octanol–water partition coefficient (Wildman–Crippen LogP) is 2.22. The van der Waals surface area contributed by atoms with Crippen LogP contribution in [-0.4, -0.2) is 29.1 Å². The standard InChI is InChI=1S/C13H16N4.ClH/c1-2-10-8-12(9-16-13(10)15-5-1)17-11-3-6-14-7-4-11;/h1-2,5,8-9,11,14,17H,3-4,6-7H2;1H. The summed E-state index contributed by atoms with van der Waals surface area (Å²) in [7, 11) is 0. The molecule has 1 aliphatic rings. The summed E-state index contributed by atoms with van der Waals surface area (Å²) in [5.74, 6) is 0. The van der Waals surface area contributed by atoms with Crippen molar-refractivity contribution in [2.45, 2.75) is 18.9 Å². The van der Waals surface area contributed by atoms with Crippen molar-refractivity contribution in [3.8, 4) is 0 Å². The minimum atomic E-state index is 0. The number of hydrogen-bond acceptors (Lipinski definition) is 4. The lowest BCUT2D eigenvalue weighted by Crippen LogP contribution is -2.35. The van der Waals surface area contributed by atoms with Gasteiger partial charge in [0.15, 0.2) is 5.65 Å². The summed E-state index contributed by atoms with van der Waals surface area (Å²) >= 11 is 0. The molecule has 0 saturated carbocycles. The Morgan fingerprint density at radius 3 is 2.89 bits per heavy atom. The van der Waals surface area contributed by atoms with Gasteiger partial charge in [-0.15, -0.1) is 12.4 Å². The number of nitrogens with zero attached hydrogens (tertiary/aromatic N) is 2. The maximum atomic E-state index is 4.36. The summed E-state index contributed by atoms with van der Waals surface area (Å²) in [6.45, 7) is 2.19. The molecule has 3 heterocycles. The van der Waals surface area contributed by atoms with E-state index in [1.807, 2.05) is 18.3 Å². The van der Waals surface area contributed by atoms with Crippen LogP contribution in [0.2, 0.25) is 0 Å². The van der Waals surface area contributed by atoms with Crippen molar-refractivity contribution >= 4 is 29.1 Å². The van der Waals surface area contributed by atoms with E-state index in [1.165, 1.54) is 12.8 Å². The van der Waals surface area contributed by atoms with Gasteiger partial charge < -0.3 is 10.6 Å². The summed E-state index contributed by atoms with van der Waals surface area (Å²) in [6, 6.07) is 6.67. The largest absolute Gasteiger partial charge is 0.381 e. The second-order valence-corrected chi connectivity index (χ2v) is 4.44. The number of nitrogens with one attached hydrogen (secondary N) is 2. The van der Waals surface area contributed by atoms with Crippen molar-refractivity contribution in [3.05, 3.63) is 30.6 Å². The highest BCUT2D eigenvalue weighted by Crippen LogP contribution is 2.17. The van der Waals surface area contributed by atoms with Crippen LogP contribution in [0.3, 0.4) is 0 Å². The normalized spacial score (nSPS) is 16.2. The zero-order valence-corrected chi connectivity index (χ0v) is 10.9. The SMILES string of the molecule is Cl.c1cnc2ncc(NC3CCNCC3)cc2c1. The van der Waals surface area contributed by atoms with Gasteiger partial charge in [0.1, 0.15) is 0 Å². The number of anilines is 1. The van der Waals surface area contributed by atoms with Crippen molar-refractivity contribution in [1.29, 1.82) is 0 Å². The van der Waals surface area contributed by atoms with Crippen LogP contribution in [0.25, 0.3) is 11.0 Å². The first-order valence-electron chi connectivity index (χ1n) is 6.10. The zero-order valence-electron chi connectivity index (χ0n) is 10.1. The van der Waals surface area contributed by atoms with Crippen LogP contribution < -0.4 is 10.6 Å². The maximum Gasteiger partial charge on any atom is 0.159 e. The highest BCUT2D eigenvalue weighted by molar-refractivity contribution is 5.85. The van der Waals surface area contributed by atoms with Gasteiger partial charge in [0.05, 0.1) is 11.9 Å². The Balaban J connectivity index is 0.00000120. The Bertz CT molecular complexity index is 511. The van der Waals surface area contributed by atoms with Crippen LogP contribution >= 0.6 is 12.4 Å². The Hall–Kier alpha value is -1.39. The molecule has 0 amide bonds. The molecule has 2 N–H and O–H groups in total. The Morgan fingerprint density at radius 1 is 1.22 bits per heavy atom. The Kier molecular flexibility index (Phi) is 4.33. The third-order valence-electron chi connectivity index (χ3n) is 3.16. The van der Waals surface area contributed by atoms with E-state index >= 15 is 0 Å². The Morgan fingerprint density at radius 2 is 2.06 bits per heavy atom. The fourth-order valence-corrected chi connectivity index (χ4v) is 2.25. The molecule has 0 spiro atoms. The molecule has 18 heavy (non-hydrogen) atoms. The van der Waals surface area contributed by atoms with Gasteiger partial charge in [0, 0.05) is 17.6 Å². The number of fused-ring (bicyclic) bond motifs is 1. The van der Waals surface area contributed by atoms with Crippen molar-refractivity contribution in [2.24, 2.45) is 0 Å². The van der Waals surface area contributed by atoms with E-state index in [0.717, 1.165) is 29.8 Å². The second-order valence-electron chi connectivity index (χ2n) is 4.44. The molecule has 0 unspecified atom stereocenters. The summed E-state index contributed by atoms with van der Waals surface area (Å²) < 4.78 is 0. The van der Waals surface area contributed by atoms with Crippen molar-refractivity contribution in [1.82, 2.24) is 15.3 Å². The summed E-state index contributed by atoms with van der Waals surface area (Å²) in [5.41, 5.74) is 1.90. The molecule has 5 heteroatoms. The van der Waals surface area contributed by atoms with E-state index in [9.17, 15) is 0 Å². The molecule has 0 radical (unpaired) electrons. The van der Waals surface area contributed by atoms with E-state index in [-0.39, 0.29) is 12.4 Å². The lowest BCUT2D eigenvalue weighted by atomic mass is 10.1. The quantitative estimate of drug-likeness (QED) is 0.873. The van der Waals surface area contributed by atoms with Gasteiger partial charge in [-0.25, -0.2) is 9.97 Å². The molecule has 0 aromatic carbocycles. The molecule has 0 bridgehead atoms. The molecular weight excluding hydrogens is 248 g/mol. The van der Waals surface area contributed by atoms with Crippen LogP contribution in [0.15, 0.2) is 30.6 Å². The first-order valence-corrected chi connectivity index (χ1v) is 6.10. The van der Waals surface area contributed by atoms with Gasteiger partial charge in [-0.2, -0.15) is 0 Å². The molecule has 0 aliphatic carbocycles. The third kappa shape index (κ3) is 2.89.